The molecule has 0 unspecified atom stereocenters. The molecular weight excluding hydrogens is 1380 g/mol. The Labute approximate surface area is 584 Å². The van der Waals surface area contributed by atoms with Crippen LogP contribution in [0.25, 0.3) is 21.6 Å². The molecule has 1 fully saturated rings. The number of nitrogens with one attached hydrogen (secondary N) is 7. The molecule has 13 atom stereocenters. The lowest BCUT2D eigenvalue weighted by Crippen LogP contribution is -2.65. The number of azide groups is 1. The molecule has 0 saturated carbocycles. The Kier molecular flexibility index (Phi) is 19.5. The fourth-order valence-electron chi connectivity index (χ4n) is 12.3. The second kappa shape index (κ2) is 28.4. The number of nitrogens with zero attached hydrogens (tertiary/aromatic N) is 3. The van der Waals surface area contributed by atoms with Crippen molar-refractivity contribution < 1.29 is 113 Å². The fraction of sp³-hybridized carbons (Fsp3) is 0.254. The molecule has 0 spiro atoms. The first-order valence-electron chi connectivity index (χ1n) is 30.7. The van der Waals surface area contributed by atoms with Gasteiger partial charge in [0.05, 0.1) is 23.8 Å². The van der Waals surface area contributed by atoms with Gasteiger partial charge in [0.25, 0.3) is 0 Å². The van der Waals surface area contributed by atoms with Gasteiger partial charge in [-0.15, -0.1) is 0 Å². The normalized spacial score (nSPS) is 24.7. The molecule has 35 heteroatoms. The lowest BCUT2D eigenvalue weighted by atomic mass is 9.89. The number of esters is 1. The van der Waals surface area contributed by atoms with Crippen LogP contribution in [-0.2, 0) is 59.0 Å². The van der Waals surface area contributed by atoms with Gasteiger partial charge in [-0.1, -0.05) is 52.6 Å². The van der Waals surface area contributed by atoms with Gasteiger partial charge in [0.2, 0.25) is 47.1 Å². The summed E-state index contributed by atoms with van der Waals surface area (Å²) in [6, 6.07) is 4.73. The number of fused-ring (bicyclic) bond motifs is 14. The van der Waals surface area contributed by atoms with E-state index in [1.807, 2.05) is 0 Å². The van der Waals surface area contributed by atoms with Gasteiger partial charge in [0, 0.05) is 47.1 Å². The summed E-state index contributed by atoms with van der Waals surface area (Å²) in [6.45, 7) is 0.0383. The van der Waals surface area contributed by atoms with Gasteiger partial charge in [0.1, 0.15) is 107 Å². The van der Waals surface area contributed by atoms with Crippen LogP contribution in [0.4, 0.5) is 0 Å². The zero-order chi connectivity index (χ0) is 72.9. The number of benzene rings is 7. The van der Waals surface area contributed by atoms with E-state index in [4.69, 9.17) is 51.6 Å². The van der Waals surface area contributed by atoms with E-state index in [0.717, 1.165) is 99.0 Å². The summed E-state index contributed by atoms with van der Waals surface area (Å²) in [4.78, 5) is 123. The number of rotatable bonds is 6. The second-order valence-corrected chi connectivity index (χ2v) is 24.8. The standard InChI is InChI=1S/C67H58Cl2N10O23/c1-24(81)71-54-58(89)57(88)47(23-80)101-67(54)102-59-28-6-10-43(37(69)16-28)100-46-19-30-18-45(56(46)87)99-42-9-3-25(11-36(42)68)12-38-60(90)73-50(29-13-31(82)20-33(14-29)98-44-17-27(5-8-40(44)85)52(78-79-70)64(94)72-38)62(92)75-51(30)63(93)74-49-26-4-7-39(84)34(15-26)48-35(21-32(83)22-41(48)86)53(66(96)97-2)76-65(95)55(59)77-61(49)91/h3-11,13-22,38,47,49-55,57-59,67,80,82-89H,12,23H2,1-2H3,(H,71,81)(H,72,94)(H,73,90)(H,74,93)(H,75,92)(H,76,95)(H,77,91)/t38-,47-,49-,50+,51-,52-,53-,54-,55+,57-,58-,59-,67+/m1/s1. The zero-order valence-electron chi connectivity index (χ0n) is 52.7. The third kappa shape index (κ3) is 14.0. The van der Waals surface area contributed by atoms with E-state index < -0.39 is 213 Å². The molecule has 528 valence electrons. The molecule has 7 aliphatic heterocycles. The van der Waals surface area contributed by atoms with Gasteiger partial charge in [-0.25, -0.2) is 4.79 Å². The number of aliphatic hydroxyl groups excluding tert-OH is 3. The predicted molar refractivity (Wildman–Crippen MR) is 349 cm³/mol. The number of halogens is 2. The van der Waals surface area contributed by atoms with E-state index in [1.54, 1.807) is 0 Å². The Morgan fingerprint density at radius 3 is 1.87 bits per heavy atom. The van der Waals surface area contributed by atoms with Gasteiger partial charge in [-0.2, -0.15) is 0 Å². The van der Waals surface area contributed by atoms with Gasteiger partial charge in [-0.05, 0) is 118 Å². The van der Waals surface area contributed by atoms with Crippen molar-refractivity contribution in [3.05, 3.63) is 175 Å². The zero-order valence-corrected chi connectivity index (χ0v) is 54.2. The average molecular weight is 1440 g/mol. The second-order valence-electron chi connectivity index (χ2n) is 24.0. The van der Waals surface area contributed by atoms with Crippen LogP contribution in [-0.4, -0.2) is 150 Å². The first-order chi connectivity index (χ1) is 48.7. The highest BCUT2D eigenvalue weighted by atomic mass is 35.5. The van der Waals surface area contributed by atoms with Crippen molar-refractivity contribution >= 4 is 70.5 Å². The molecule has 0 aliphatic carbocycles. The SMILES string of the molecule is COC(=O)[C@@H]1NC(=O)[C@H]2NC(=O)[C@H](NC(=O)[C@@H]3NC(=O)[C@H]4NC(=O)[C@@H](Cc5ccc(c(Cl)c5)Oc5cc3cc(c5O)Oc3ccc(cc3Cl)[C@H]2O[C@@H]2O[C@H](CO)[C@@H](O)[C@H](O)[C@H]2NC(C)=O)NC(=O)[C@H](N=[N+]=[N-])c2ccc(O)c(c2)Oc2cc(O)cc4c2)c2ccc(O)c(c2)-c2c(O)cc(O)cc21. The Morgan fingerprint density at radius 1 is 0.608 bits per heavy atom. The fourth-order valence-corrected chi connectivity index (χ4v) is 12.8. The summed E-state index contributed by atoms with van der Waals surface area (Å²) in [6.07, 6.45) is -10.2. The maximum atomic E-state index is 16.2. The lowest BCUT2D eigenvalue weighted by Gasteiger charge is -2.44. The monoisotopic (exact) mass is 1440 g/mol. The molecular formula is C67H58Cl2N10O23. The van der Waals surface area contributed by atoms with Crippen LogP contribution in [0.3, 0.4) is 0 Å². The summed E-state index contributed by atoms with van der Waals surface area (Å²) < 4.78 is 36.3. The van der Waals surface area contributed by atoms with E-state index in [1.165, 1.54) is 30.3 Å². The Morgan fingerprint density at radius 2 is 1.22 bits per heavy atom. The number of hydrogen-bond acceptors (Lipinski definition) is 24. The molecule has 7 heterocycles. The number of aliphatic hydroxyl groups is 3. The van der Waals surface area contributed by atoms with Crippen molar-refractivity contribution in [2.24, 2.45) is 5.11 Å². The van der Waals surface area contributed by atoms with Crippen molar-refractivity contribution in [1.82, 2.24) is 37.2 Å². The van der Waals surface area contributed by atoms with Crippen molar-refractivity contribution in [2.45, 2.75) is 92.4 Å². The molecule has 7 aromatic rings. The highest BCUT2D eigenvalue weighted by Gasteiger charge is 2.49. The number of phenolic OH excluding ortho intramolecular Hbond substituents is 6. The highest BCUT2D eigenvalue weighted by molar-refractivity contribution is 6.32. The average Bonchev–Trinajstić information content (AvgIpc) is 0.767. The maximum Gasteiger partial charge on any atom is 0.333 e. The quantitative estimate of drug-likeness (QED) is 0.0475. The molecule has 33 nitrogen and oxygen atoms in total. The number of hydrogen-bond donors (Lipinski definition) is 16. The summed E-state index contributed by atoms with van der Waals surface area (Å²) in [7, 11) is 0.915. The molecule has 7 amide bonds. The van der Waals surface area contributed by atoms with Crippen molar-refractivity contribution in [1.29, 1.82) is 0 Å². The first-order valence-corrected chi connectivity index (χ1v) is 31.5. The first kappa shape index (κ1) is 70.1. The van der Waals surface area contributed by atoms with Gasteiger partial charge >= 0.3 is 5.97 Å². The van der Waals surface area contributed by atoms with Crippen LogP contribution in [0.15, 0.2) is 120 Å². The molecule has 1 saturated heterocycles. The van der Waals surface area contributed by atoms with E-state index in [0.29, 0.717) is 0 Å². The van der Waals surface area contributed by atoms with Crippen LogP contribution >= 0.6 is 23.2 Å². The summed E-state index contributed by atoms with van der Waals surface area (Å²) in [5.41, 5.74) is 7.18. The molecule has 0 radical (unpaired) electrons. The number of phenols is 6. The molecule has 16 N–H and O–H groups in total. The van der Waals surface area contributed by atoms with E-state index in [9.17, 15) is 65.9 Å². The van der Waals surface area contributed by atoms with E-state index in [-0.39, 0.29) is 55.8 Å². The van der Waals surface area contributed by atoms with E-state index in [2.05, 4.69) is 47.2 Å². The summed E-state index contributed by atoms with van der Waals surface area (Å²) in [5, 5.41) is 123. The van der Waals surface area contributed by atoms with Crippen LogP contribution in [0.1, 0.15) is 82.2 Å². The number of carbonyl (C=O) groups excluding carboxylic acids is 8. The Hall–Kier alpha value is -11.8. The number of ether oxygens (including phenoxy) is 6. The Balaban J connectivity index is 1.10. The van der Waals surface area contributed by atoms with Crippen LogP contribution < -0.4 is 51.4 Å². The molecule has 102 heavy (non-hydrogen) atoms. The minimum atomic E-state index is -2.34. The highest BCUT2D eigenvalue weighted by Crippen LogP contribution is 2.49. The third-order valence-electron chi connectivity index (χ3n) is 17.2. The molecule has 0 aromatic heterocycles. The topological polar surface area (TPSA) is 507 Å². The minimum absolute atomic E-state index is 0.0497. The number of amides is 7. The predicted octanol–water partition coefficient (Wildman–Crippen LogP) is 4.39. The smallest absolute Gasteiger partial charge is 0.333 e. The van der Waals surface area contributed by atoms with Gasteiger partial charge in [0.15, 0.2) is 35.3 Å². The van der Waals surface area contributed by atoms with Crippen LogP contribution in [0, 0.1) is 0 Å². The van der Waals surface area contributed by atoms with Gasteiger partial charge in [-0.3, -0.25) is 33.6 Å². The summed E-state index contributed by atoms with van der Waals surface area (Å²) >= 11 is 14.1. The number of carbonyl (C=O) groups is 8. The molecule has 17 bridgehead atoms. The van der Waals surface area contributed by atoms with Crippen LogP contribution in [0.5, 0.6) is 69.0 Å². The molecule has 7 aliphatic rings. The number of methoxy groups -OCH3 is 1. The largest absolute Gasteiger partial charge is 0.508 e. The molecule has 7 aromatic carbocycles. The van der Waals surface area contributed by atoms with E-state index >= 15 is 24.0 Å². The Bertz CT molecular complexity index is 4690. The van der Waals surface area contributed by atoms with Crippen molar-refractivity contribution in [3.63, 3.8) is 0 Å². The van der Waals surface area contributed by atoms with Crippen molar-refractivity contribution in [3.8, 4) is 80.1 Å². The minimum Gasteiger partial charge on any atom is -0.508 e. The number of aromatic hydroxyl groups is 6. The third-order valence-corrected chi connectivity index (χ3v) is 17.8. The van der Waals surface area contributed by atoms with Gasteiger partial charge < -0.3 is 112 Å². The van der Waals surface area contributed by atoms with Crippen molar-refractivity contribution in [2.75, 3.05) is 13.7 Å². The maximum absolute atomic E-state index is 16.2. The summed E-state index contributed by atoms with van der Waals surface area (Å²) in [5.74, 6) is -16.7. The molecule has 14 rings (SSSR count). The lowest BCUT2D eigenvalue weighted by molar-refractivity contribution is -0.284. The van der Waals surface area contributed by atoms with Crippen LogP contribution in [0.2, 0.25) is 10.0 Å².